The topological polar surface area (TPSA) is 74.7 Å². The summed E-state index contributed by atoms with van der Waals surface area (Å²) in [4.78, 5) is 12.8. The maximum Gasteiger partial charge on any atom is 0.303 e. The van der Waals surface area contributed by atoms with Gasteiger partial charge in [0.25, 0.3) is 0 Å². The Morgan fingerprint density at radius 1 is 1.35 bits per heavy atom. The average Bonchev–Trinajstić information content (AvgIpc) is 2.80. The SMILES string of the molecule is O=C(O)CCC1CCCN1C1CCS(=O)(=O)C1. The van der Waals surface area contributed by atoms with E-state index in [1.807, 2.05) is 0 Å². The summed E-state index contributed by atoms with van der Waals surface area (Å²) in [5, 5.41) is 8.69. The second-order valence-electron chi connectivity index (χ2n) is 5.02. The molecule has 2 rings (SSSR count). The van der Waals surface area contributed by atoms with Crippen molar-refractivity contribution in [2.45, 2.75) is 44.2 Å². The van der Waals surface area contributed by atoms with E-state index >= 15 is 0 Å². The van der Waals surface area contributed by atoms with Crippen molar-refractivity contribution in [2.24, 2.45) is 0 Å². The first-order valence-electron chi connectivity index (χ1n) is 6.16. The van der Waals surface area contributed by atoms with Crippen molar-refractivity contribution in [3.8, 4) is 0 Å². The average molecular weight is 261 g/mol. The number of sulfone groups is 1. The Morgan fingerprint density at radius 3 is 2.71 bits per heavy atom. The van der Waals surface area contributed by atoms with Crippen molar-refractivity contribution >= 4 is 15.8 Å². The van der Waals surface area contributed by atoms with Crippen LogP contribution in [0.5, 0.6) is 0 Å². The fourth-order valence-corrected chi connectivity index (χ4v) is 4.72. The highest BCUT2D eigenvalue weighted by atomic mass is 32.2. The molecule has 0 aliphatic carbocycles. The molecule has 0 amide bonds. The predicted molar refractivity (Wildman–Crippen MR) is 63.7 cm³/mol. The molecule has 0 bridgehead atoms. The summed E-state index contributed by atoms with van der Waals surface area (Å²) in [7, 11) is -2.85. The van der Waals surface area contributed by atoms with Gasteiger partial charge in [0.1, 0.15) is 0 Å². The second kappa shape index (κ2) is 4.94. The number of carboxylic acid groups (broad SMARTS) is 1. The molecule has 2 fully saturated rings. The molecule has 0 spiro atoms. The lowest BCUT2D eigenvalue weighted by molar-refractivity contribution is -0.137. The van der Waals surface area contributed by atoms with Gasteiger partial charge in [-0.3, -0.25) is 9.69 Å². The molecule has 2 heterocycles. The monoisotopic (exact) mass is 261 g/mol. The Morgan fingerprint density at radius 2 is 2.12 bits per heavy atom. The molecule has 2 atom stereocenters. The fourth-order valence-electron chi connectivity index (χ4n) is 2.98. The number of hydrogen-bond acceptors (Lipinski definition) is 4. The van der Waals surface area contributed by atoms with Crippen molar-refractivity contribution in [1.82, 2.24) is 4.90 Å². The first-order chi connectivity index (χ1) is 7.98. The maximum atomic E-state index is 11.4. The van der Waals surface area contributed by atoms with Gasteiger partial charge in [0.05, 0.1) is 11.5 Å². The summed E-state index contributed by atoms with van der Waals surface area (Å²) >= 11 is 0. The Balaban J connectivity index is 1.93. The van der Waals surface area contributed by atoms with Crippen molar-refractivity contribution in [2.75, 3.05) is 18.1 Å². The standard InChI is InChI=1S/C11H19NO4S/c13-11(14)4-3-9-2-1-6-12(9)10-5-7-17(15,16)8-10/h9-10H,1-8H2,(H,13,14). The van der Waals surface area contributed by atoms with Crippen LogP contribution < -0.4 is 0 Å². The molecule has 0 saturated carbocycles. The molecule has 2 saturated heterocycles. The summed E-state index contributed by atoms with van der Waals surface area (Å²) in [5.41, 5.74) is 0. The van der Waals surface area contributed by atoms with E-state index in [9.17, 15) is 13.2 Å². The largest absolute Gasteiger partial charge is 0.481 e. The zero-order valence-corrected chi connectivity index (χ0v) is 10.7. The van der Waals surface area contributed by atoms with E-state index in [1.165, 1.54) is 0 Å². The zero-order valence-electron chi connectivity index (χ0n) is 9.84. The van der Waals surface area contributed by atoms with Crippen LogP contribution in [-0.4, -0.2) is 54.5 Å². The summed E-state index contributed by atoms with van der Waals surface area (Å²) in [6, 6.07) is 0.394. The van der Waals surface area contributed by atoms with Crippen molar-refractivity contribution in [3.05, 3.63) is 0 Å². The Labute approximate surface area is 102 Å². The minimum atomic E-state index is -2.85. The summed E-state index contributed by atoms with van der Waals surface area (Å²) in [6.45, 7) is 0.921. The van der Waals surface area contributed by atoms with E-state index in [0.29, 0.717) is 18.6 Å². The molecule has 5 nitrogen and oxygen atoms in total. The minimum Gasteiger partial charge on any atom is -0.481 e. The van der Waals surface area contributed by atoms with Gasteiger partial charge in [0.15, 0.2) is 9.84 Å². The van der Waals surface area contributed by atoms with Gasteiger partial charge < -0.3 is 5.11 Å². The molecule has 2 unspecified atom stereocenters. The highest BCUT2D eigenvalue weighted by molar-refractivity contribution is 7.91. The molecule has 1 N–H and O–H groups in total. The molecular weight excluding hydrogens is 242 g/mol. The van der Waals surface area contributed by atoms with Crippen LogP contribution in [0.4, 0.5) is 0 Å². The third-order valence-electron chi connectivity index (χ3n) is 3.79. The van der Waals surface area contributed by atoms with Crippen molar-refractivity contribution in [3.63, 3.8) is 0 Å². The highest BCUT2D eigenvalue weighted by Gasteiger charge is 2.37. The van der Waals surface area contributed by atoms with Crippen LogP contribution in [0.3, 0.4) is 0 Å². The van der Waals surface area contributed by atoms with E-state index in [1.54, 1.807) is 0 Å². The Kier molecular flexibility index (Phi) is 3.73. The lowest BCUT2D eigenvalue weighted by Gasteiger charge is -2.29. The quantitative estimate of drug-likeness (QED) is 0.797. The molecule has 2 aliphatic rings. The number of carbonyl (C=O) groups is 1. The normalized spacial score (nSPS) is 32.9. The van der Waals surface area contributed by atoms with Crippen LogP contribution in [-0.2, 0) is 14.6 Å². The second-order valence-corrected chi connectivity index (χ2v) is 7.25. The van der Waals surface area contributed by atoms with Crippen molar-refractivity contribution in [1.29, 1.82) is 0 Å². The number of rotatable bonds is 4. The van der Waals surface area contributed by atoms with Gasteiger partial charge in [-0.05, 0) is 32.2 Å². The summed E-state index contributed by atoms with van der Waals surface area (Å²) in [6.07, 6.45) is 3.60. The zero-order chi connectivity index (χ0) is 12.5. The minimum absolute atomic E-state index is 0.126. The predicted octanol–water partition coefficient (Wildman–Crippen LogP) is 0.503. The van der Waals surface area contributed by atoms with E-state index in [-0.39, 0.29) is 24.3 Å². The van der Waals surface area contributed by atoms with Gasteiger partial charge >= 0.3 is 5.97 Å². The molecule has 98 valence electrons. The van der Waals surface area contributed by atoms with Crippen LogP contribution in [0.25, 0.3) is 0 Å². The van der Waals surface area contributed by atoms with Crippen LogP contribution >= 0.6 is 0 Å². The van der Waals surface area contributed by atoms with E-state index in [2.05, 4.69) is 4.90 Å². The highest BCUT2D eigenvalue weighted by Crippen LogP contribution is 2.28. The molecule has 0 radical (unpaired) electrons. The third kappa shape index (κ3) is 3.19. The van der Waals surface area contributed by atoms with Crippen LogP contribution in [0, 0.1) is 0 Å². The summed E-state index contributed by atoms with van der Waals surface area (Å²) in [5.74, 6) is -0.216. The number of nitrogens with zero attached hydrogens (tertiary/aromatic N) is 1. The molecule has 2 aliphatic heterocycles. The number of carboxylic acids is 1. The van der Waals surface area contributed by atoms with E-state index in [4.69, 9.17) is 5.11 Å². The lowest BCUT2D eigenvalue weighted by Crippen LogP contribution is -2.40. The maximum absolute atomic E-state index is 11.4. The van der Waals surface area contributed by atoms with E-state index < -0.39 is 15.8 Å². The number of likely N-dealkylation sites (tertiary alicyclic amines) is 1. The molecule has 0 aromatic carbocycles. The van der Waals surface area contributed by atoms with Gasteiger partial charge in [-0.15, -0.1) is 0 Å². The van der Waals surface area contributed by atoms with Gasteiger partial charge in [-0.2, -0.15) is 0 Å². The molecular formula is C11H19NO4S. The van der Waals surface area contributed by atoms with Crippen LogP contribution in [0.1, 0.15) is 32.1 Å². The van der Waals surface area contributed by atoms with Crippen molar-refractivity contribution < 1.29 is 18.3 Å². The molecule has 0 aromatic rings. The molecule has 6 heteroatoms. The fraction of sp³-hybridized carbons (Fsp3) is 0.909. The van der Waals surface area contributed by atoms with Gasteiger partial charge in [0, 0.05) is 18.5 Å². The smallest absolute Gasteiger partial charge is 0.303 e. The van der Waals surface area contributed by atoms with Gasteiger partial charge in [-0.25, -0.2) is 8.42 Å². The van der Waals surface area contributed by atoms with Crippen LogP contribution in [0.15, 0.2) is 0 Å². The summed E-state index contributed by atoms with van der Waals surface area (Å²) < 4.78 is 22.9. The first-order valence-corrected chi connectivity index (χ1v) is 7.98. The Hall–Kier alpha value is -0.620. The van der Waals surface area contributed by atoms with Crippen LogP contribution in [0.2, 0.25) is 0 Å². The van der Waals surface area contributed by atoms with Gasteiger partial charge in [0.2, 0.25) is 0 Å². The van der Waals surface area contributed by atoms with E-state index in [0.717, 1.165) is 19.4 Å². The molecule has 0 aromatic heterocycles. The van der Waals surface area contributed by atoms with Gasteiger partial charge in [-0.1, -0.05) is 0 Å². The number of hydrogen-bond donors (Lipinski definition) is 1. The number of aliphatic carboxylic acids is 1. The lowest BCUT2D eigenvalue weighted by atomic mass is 10.1. The third-order valence-corrected chi connectivity index (χ3v) is 5.54. The first kappa shape index (κ1) is 12.8. The molecule has 17 heavy (non-hydrogen) atoms. The Bertz CT molecular complexity index is 392.